The fourth-order valence-electron chi connectivity index (χ4n) is 1.65. The zero-order valence-electron chi connectivity index (χ0n) is 9.18. The SMILES string of the molecule is Nc1ccc2[nH]nc(C(=O)Nc3nccs3)c2c1. The van der Waals surface area contributed by atoms with Crippen molar-refractivity contribution in [3.63, 3.8) is 0 Å². The van der Waals surface area contributed by atoms with E-state index in [0.29, 0.717) is 21.9 Å². The van der Waals surface area contributed by atoms with Crippen molar-refractivity contribution in [1.82, 2.24) is 15.2 Å². The number of carbonyl (C=O) groups excluding carboxylic acids is 1. The Morgan fingerprint density at radius 3 is 3.11 bits per heavy atom. The Balaban J connectivity index is 1.98. The number of nitrogens with two attached hydrogens (primary N) is 1. The predicted molar refractivity (Wildman–Crippen MR) is 70.6 cm³/mol. The minimum Gasteiger partial charge on any atom is -0.399 e. The standard InChI is InChI=1S/C11H9N5OS/c12-6-1-2-8-7(5-6)9(16-15-8)10(17)14-11-13-3-4-18-11/h1-5H,12H2,(H,15,16)(H,13,14,17). The molecule has 3 rings (SSSR count). The van der Waals surface area contributed by atoms with Crippen LogP contribution in [0.25, 0.3) is 10.9 Å². The molecule has 0 bridgehead atoms. The molecule has 18 heavy (non-hydrogen) atoms. The second-order valence-electron chi connectivity index (χ2n) is 3.67. The van der Waals surface area contributed by atoms with Crippen LogP contribution in [0.15, 0.2) is 29.8 Å². The number of aromatic nitrogens is 3. The molecule has 4 N–H and O–H groups in total. The van der Waals surface area contributed by atoms with E-state index in [0.717, 1.165) is 5.52 Å². The van der Waals surface area contributed by atoms with Gasteiger partial charge in [0.15, 0.2) is 10.8 Å². The number of anilines is 2. The lowest BCUT2D eigenvalue weighted by Gasteiger charge is -1.99. The maximum Gasteiger partial charge on any atom is 0.278 e. The highest BCUT2D eigenvalue weighted by Crippen LogP contribution is 2.20. The molecule has 6 nitrogen and oxygen atoms in total. The summed E-state index contributed by atoms with van der Waals surface area (Å²) in [6, 6.07) is 5.26. The number of H-pyrrole nitrogens is 1. The molecule has 0 aliphatic carbocycles. The first-order valence-electron chi connectivity index (χ1n) is 5.18. The fourth-order valence-corrected chi connectivity index (χ4v) is 2.17. The summed E-state index contributed by atoms with van der Waals surface area (Å²) in [6.07, 6.45) is 1.63. The van der Waals surface area contributed by atoms with Crippen molar-refractivity contribution < 1.29 is 4.79 Å². The molecule has 0 unspecified atom stereocenters. The number of benzene rings is 1. The molecule has 90 valence electrons. The monoisotopic (exact) mass is 259 g/mol. The largest absolute Gasteiger partial charge is 0.399 e. The molecule has 1 amide bonds. The molecule has 1 aromatic carbocycles. The average molecular weight is 259 g/mol. The summed E-state index contributed by atoms with van der Waals surface area (Å²) in [7, 11) is 0. The lowest BCUT2D eigenvalue weighted by Crippen LogP contribution is -2.12. The van der Waals surface area contributed by atoms with Gasteiger partial charge in [-0.15, -0.1) is 11.3 Å². The molecule has 0 fully saturated rings. The molecule has 0 saturated carbocycles. The van der Waals surface area contributed by atoms with E-state index < -0.39 is 0 Å². The van der Waals surface area contributed by atoms with E-state index >= 15 is 0 Å². The fraction of sp³-hybridized carbons (Fsp3) is 0. The lowest BCUT2D eigenvalue weighted by atomic mass is 10.2. The van der Waals surface area contributed by atoms with Crippen LogP contribution in [-0.4, -0.2) is 21.1 Å². The summed E-state index contributed by atoms with van der Waals surface area (Å²) < 4.78 is 0. The number of rotatable bonds is 2. The zero-order chi connectivity index (χ0) is 12.5. The van der Waals surface area contributed by atoms with E-state index in [4.69, 9.17) is 5.73 Å². The number of carbonyl (C=O) groups is 1. The topological polar surface area (TPSA) is 96.7 Å². The summed E-state index contributed by atoms with van der Waals surface area (Å²) in [5.41, 5.74) is 7.38. The average Bonchev–Trinajstić information content (AvgIpc) is 2.97. The van der Waals surface area contributed by atoms with Gasteiger partial charge in [-0.25, -0.2) is 4.98 Å². The van der Waals surface area contributed by atoms with E-state index in [9.17, 15) is 4.79 Å². The molecular formula is C11H9N5OS. The highest BCUT2D eigenvalue weighted by atomic mass is 32.1. The third kappa shape index (κ3) is 1.80. The number of fused-ring (bicyclic) bond motifs is 1. The van der Waals surface area contributed by atoms with E-state index in [1.54, 1.807) is 29.8 Å². The summed E-state index contributed by atoms with van der Waals surface area (Å²) >= 11 is 1.35. The Kier molecular flexibility index (Phi) is 2.45. The van der Waals surface area contributed by atoms with Crippen molar-refractivity contribution >= 4 is 39.0 Å². The predicted octanol–water partition coefficient (Wildman–Crippen LogP) is 1.85. The number of nitrogens with one attached hydrogen (secondary N) is 2. The summed E-state index contributed by atoms with van der Waals surface area (Å²) in [5, 5.41) is 12.5. The maximum atomic E-state index is 12.0. The molecule has 0 radical (unpaired) electrons. The van der Waals surface area contributed by atoms with Gasteiger partial charge in [0.25, 0.3) is 5.91 Å². The normalized spacial score (nSPS) is 10.7. The molecule has 0 aliphatic rings. The molecule has 2 aromatic heterocycles. The minimum atomic E-state index is -0.304. The highest BCUT2D eigenvalue weighted by molar-refractivity contribution is 7.13. The number of nitrogen functional groups attached to an aromatic ring is 1. The summed E-state index contributed by atoms with van der Waals surface area (Å²) in [6.45, 7) is 0. The highest BCUT2D eigenvalue weighted by Gasteiger charge is 2.15. The third-order valence-electron chi connectivity index (χ3n) is 2.45. The van der Waals surface area contributed by atoms with E-state index in [1.807, 2.05) is 0 Å². The van der Waals surface area contributed by atoms with Crippen LogP contribution in [0.4, 0.5) is 10.8 Å². The van der Waals surface area contributed by atoms with Crippen molar-refractivity contribution in [2.45, 2.75) is 0 Å². The minimum absolute atomic E-state index is 0.304. The van der Waals surface area contributed by atoms with E-state index in [-0.39, 0.29) is 5.91 Å². The van der Waals surface area contributed by atoms with Gasteiger partial charge in [-0.2, -0.15) is 5.10 Å². The molecule has 7 heteroatoms. The number of nitrogens with zero attached hydrogens (tertiary/aromatic N) is 2. The molecule has 0 saturated heterocycles. The maximum absolute atomic E-state index is 12.0. The quantitative estimate of drug-likeness (QED) is 0.612. The van der Waals surface area contributed by atoms with Crippen LogP contribution in [0.3, 0.4) is 0 Å². The Bertz CT molecular complexity index is 703. The second kappa shape index (κ2) is 4.11. The van der Waals surface area contributed by atoms with Crippen molar-refractivity contribution in [3.8, 4) is 0 Å². The number of thiazole rings is 1. The molecule has 3 aromatic rings. The van der Waals surface area contributed by atoms with Gasteiger partial charge >= 0.3 is 0 Å². The summed E-state index contributed by atoms with van der Waals surface area (Å²) in [4.78, 5) is 16.0. The van der Waals surface area contributed by atoms with Gasteiger partial charge in [0, 0.05) is 22.7 Å². The van der Waals surface area contributed by atoms with Gasteiger partial charge in [-0.1, -0.05) is 0 Å². The number of hydrogen-bond donors (Lipinski definition) is 3. The van der Waals surface area contributed by atoms with Crippen LogP contribution in [0.1, 0.15) is 10.5 Å². The summed E-state index contributed by atoms with van der Waals surface area (Å²) in [5.74, 6) is -0.304. The van der Waals surface area contributed by atoms with Gasteiger partial charge in [0.05, 0.1) is 5.52 Å². The van der Waals surface area contributed by atoms with Gasteiger partial charge in [-0.05, 0) is 18.2 Å². The van der Waals surface area contributed by atoms with Crippen LogP contribution < -0.4 is 11.1 Å². The van der Waals surface area contributed by atoms with Gasteiger partial charge in [0.2, 0.25) is 0 Å². The second-order valence-corrected chi connectivity index (χ2v) is 4.56. The van der Waals surface area contributed by atoms with Crippen LogP contribution in [0.5, 0.6) is 0 Å². The zero-order valence-corrected chi connectivity index (χ0v) is 9.99. The van der Waals surface area contributed by atoms with E-state index in [2.05, 4.69) is 20.5 Å². The van der Waals surface area contributed by atoms with E-state index in [1.165, 1.54) is 11.3 Å². The Morgan fingerprint density at radius 1 is 1.44 bits per heavy atom. The molecule has 0 atom stereocenters. The van der Waals surface area contributed by atoms with Gasteiger partial charge in [-0.3, -0.25) is 15.2 Å². The third-order valence-corrected chi connectivity index (χ3v) is 3.14. The number of hydrogen-bond acceptors (Lipinski definition) is 5. The first kappa shape index (κ1) is 10.7. The smallest absolute Gasteiger partial charge is 0.278 e. The van der Waals surface area contributed by atoms with Crippen molar-refractivity contribution in [2.75, 3.05) is 11.1 Å². The number of aromatic amines is 1. The van der Waals surface area contributed by atoms with Crippen LogP contribution in [0.2, 0.25) is 0 Å². The van der Waals surface area contributed by atoms with Gasteiger partial charge in [0.1, 0.15) is 0 Å². The van der Waals surface area contributed by atoms with Crippen LogP contribution >= 0.6 is 11.3 Å². The Hall–Kier alpha value is -2.41. The van der Waals surface area contributed by atoms with Crippen molar-refractivity contribution in [2.24, 2.45) is 0 Å². The first-order valence-corrected chi connectivity index (χ1v) is 6.06. The molecular weight excluding hydrogens is 250 g/mol. The molecule has 2 heterocycles. The van der Waals surface area contributed by atoms with Crippen LogP contribution in [0, 0.1) is 0 Å². The lowest BCUT2D eigenvalue weighted by molar-refractivity contribution is 0.102. The Labute approximate surface area is 106 Å². The van der Waals surface area contributed by atoms with Crippen molar-refractivity contribution in [3.05, 3.63) is 35.5 Å². The number of amides is 1. The Morgan fingerprint density at radius 2 is 2.33 bits per heavy atom. The van der Waals surface area contributed by atoms with Crippen LogP contribution in [-0.2, 0) is 0 Å². The first-order chi connectivity index (χ1) is 8.74. The van der Waals surface area contributed by atoms with Crippen molar-refractivity contribution in [1.29, 1.82) is 0 Å². The molecule has 0 aliphatic heterocycles. The molecule has 0 spiro atoms. The van der Waals surface area contributed by atoms with Gasteiger partial charge < -0.3 is 5.73 Å².